The number of hydrogen-bond donors (Lipinski definition) is 1. The van der Waals surface area contributed by atoms with Gasteiger partial charge in [0.15, 0.2) is 5.78 Å². The van der Waals surface area contributed by atoms with Gasteiger partial charge in [0, 0.05) is 25.2 Å². The Labute approximate surface area is 111 Å². The van der Waals surface area contributed by atoms with Crippen LogP contribution in [-0.2, 0) is 13.5 Å². The van der Waals surface area contributed by atoms with E-state index >= 15 is 0 Å². The summed E-state index contributed by atoms with van der Waals surface area (Å²) in [6.45, 7) is 0. The highest BCUT2D eigenvalue weighted by Gasteiger charge is 2.14. The average Bonchev–Trinajstić information content (AvgIpc) is 2.79. The summed E-state index contributed by atoms with van der Waals surface area (Å²) in [4.78, 5) is 22.9. The fourth-order valence-corrected chi connectivity index (χ4v) is 1.98. The minimum absolute atomic E-state index is 0.0352. The smallest absolute Gasteiger partial charge is 0.352 e. The molecule has 0 aliphatic carbocycles. The molecule has 0 atom stereocenters. The van der Waals surface area contributed by atoms with Gasteiger partial charge in [-0.05, 0) is 18.1 Å². The molecule has 2 aromatic rings. The monoisotopic (exact) mass is 257 g/mol. The van der Waals surface area contributed by atoms with E-state index in [0.29, 0.717) is 18.4 Å². The van der Waals surface area contributed by atoms with Crippen LogP contribution in [0.15, 0.2) is 42.6 Å². The molecule has 0 spiro atoms. The Morgan fingerprint density at radius 2 is 1.89 bits per heavy atom. The fraction of sp³-hybridized carbons (Fsp3) is 0.200. The van der Waals surface area contributed by atoms with Crippen molar-refractivity contribution in [2.24, 2.45) is 7.05 Å². The molecule has 0 saturated heterocycles. The van der Waals surface area contributed by atoms with Gasteiger partial charge >= 0.3 is 5.97 Å². The maximum atomic E-state index is 12.0. The number of hydrogen-bond acceptors (Lipinski definition) is 2. The lowest BCUT2D eigenvalue weighted by Gasteiger charge is -1.99. The van der Waals surface area contributed by atoms with E-state index in [1.54, 1.807) is 13.2 Å². The number of carboxylic acid groups (broad SMARTS) is 1. The maximum Gasteiger partial charge on any atom is 0.352 e. The van der Waals surface area contributed by atoms with E-state index in [1.807, 2.05) is 30.3 Å². The van der Waals surface area contributed by atoms with Crippen LogP contribution in [0.1, 0.15) is 32.8 Å². The minimum atomic E-state index is -1.02. The number of rotatable bonds is 5. The van der Waals surface area contributed by atoms with Gasteiger partial charge < -0.3 is 9.67 Å². The van der Waals surface area contributed by atoms with Gasteiger partial charge in [-0.15, -0.1) is 0 Å². The molecule has 1 aromatic carbocycles. The normalized spacial score (nSPS) is 10.4. The van der Waals surface area contributed by atoms with Crippen LogP contribution >= 0.6 is 0 Å². The number of carboxylic acids is 1. The van der Waals surface area contributed by atoms with E-state index in [4.69, 9.17) is 5.11 Å². The molecule has 0 fully saturated rings. The highest BCUT2D eigenvalue weighted by molar-refractivity contribution is 5.98. The predicted octanol–water partition coefficient (Wildman–Crippen LogP) is 2.54. The van der Waals surface area contributed by atoms with E-state index in [0.717, 1.165) is 5.56 Å². The third-order valence-electron chi connectivity index (χ3n) is 3.03. The molecular weight excluding hydrogens is 242 g/mol. The van der Waals surface area contributed by atoms with Gasteiger partial charge in [-0.2, -0.15) is 0 Å². The summed E-state index contributed by atoms with van der Waals surface area (Å²) in [6.07, 6.45) is 2.61. The molecule has 2 rings (SSSR count). The molecule has 0 bridgehead atoms. The van der Waals surface area contributed by atoms with Gasteiger partial charge in [-0.3, -0.25) is 4.79 Å². The predicted molar refractivity (Wildman–Crippen MR) is 71.5 cm³/mol. The second-order valence-electron chi connectivity index (χ2n) is 4.44. The number of carbonyl (C=O) groups is 2. The van der Waals surface area contributed by atoms with Gasteiger partial charge in [-0.1, -0.05) is 30.3 Å². The zero-order valence-corrected chi connectivity index (χ0v) is 10.7. The molecule has 1 aromatic heterocycles. The molecule has 1 heterocycles. The molecule has 0 aliphatic heterocycles. The zero-order valence-electron chi connectivity index (χ0n) is 10.7. The van der Waals surface area contributed by atoms with Crippen LogP contribution in [-0.4, -0.2) is 21.4 Å². The first-order chi connectivity index (χ1) is 9.08. The SMILES string of the molecule is Cn1cc(C(=O)CCc2ccccc2)cc1C(=O)O. The van der Waals surface area contributed by atoms with E-state index in [1.165, 1.54) is 10.6 Å². The lowest BCUT2D eigenvalue weighted by atomic mass is 10.0. The van der Waals surface area contributed by atoms with Crippen LogP contribution in [0.25, 0.3) is 0 Å². The molecule has 1 N–H and O–H groups in total. The number of aromatic nitrogens is 1. The second kappa shape index (κ2) is 5.52. The van der Waals surface area contributed by atoms with E-state index < -0.39 is 5.97 Å². The van der Waals surface area contributed by atoms with Crippen molar-refractivity contribution in [1.29, 1.82) is 0 Å². The molecule has 0 unspecified atom stereocenters. The van der Waals surface area contributed by atoms with Crippen molar-refractivity contribution in [3.05, 3.63) is 59.4 Å². The summed E-state index contributed by atoms with van der Waals surface area (Å²) in [7, 11) is 1.62. The first-order valence-corrected chi connectivity index (χ1v) is 6.04. The summed E-state index contributed by atoms with van der Waals surface area (Å²) in [5, 5.41) is 8.94. The Morgan fingerprint density at radius 3 is 2.47 bits per heavy atom. The zero-order chi connectivity index (χ0) is 13.8. The van der Waals surface area contributed by atoms with Crippen molar-refractivity contribution in [2.75, 3.05) is 0 Å². The molecule has 0 aliphatic rings. The maximum absolute atomic E-state index is 12.0. The van der Waals surface area contributed by atoms with Crippen molar-refractivity contribution in [3.63, 3.8) is 0 Å². The van der Waals surface area contributed by atoms with E-state index in [-0.39, 0.29) is 11.5 Å². The van der Waals surface area contributed by atoms with Crippen molar-refractivity contribution < 1.29 is 14.7 Å². The Hall–Kier alpha value is -2.36. The fourth-order valence-electron chi connectivity index (χ4n) is 1.98. The molecule has 19 heavy (non-hydrogen) atoms. The quantitative estimate of drug-likeness (QED) is 0.837. The van der Waals surface area contributed by atoms with Crippen molar-refractivity contribution in [2.45, 2.75) is 12.8 Å². The van der Waals surface area contributed by atoms with E-state index in [9.17, 15) is 9.59 Å². The summed E-state index contributed by atoms with van der Waals surface area (Å²) >= 11 is 0. The van der Waals surface area contributed by atoms with Crippen molar-refractivity contribution in [1.82, 2.24) is 4.57 Å². The Morgan fingerprint density at radius 1 is 1.21 bits per heavy atom. The van der Waals surface area contributed by atoms with Crippen LogP contribution in [0.2, 0.25) is 0 Å². The number of Topliss-reactive ketones (excluding diaryl/α,β-unsaturated/α-hetero) is 1. The van der Waals surface area contributed by atoms with Gasteiger partial charge in [0.2, 0.25) is 0 Å². The number of aromatic carboxylic acids is 1. The summed E-state index contributed by atoms with van der Waals surface area (Å²) in [6, 6.07) is 11.2. The number of carbonyl (C=O) groups excluding carboxylic acids is 1. The lowest BCUT2D eigenvalue weighted by molar-refractivity contribution is 0.0686. The van der Waals surface area contributed by atoms with Crippen molar-refractivity contribution >= 4 is 11.8 Å². The average molecular weight is 257 g/mol. The minimum Gasteiger partial charge on any atom is -0.477 e. The van der Waals surface area contributed by atoms with Gasteiger partial charge in [0.25, 0.3) is 0 Å². The van der Waals surface area contributed by atoms with Crippen LogP contribution < -0.4 is 0 Å². The van der Waals surface area contributed by atoms with Crippen molar-refractivity contribution in [3.8, 4) is 0 Å². The first kappa shape index (κ1) is 13.1. The van der Waals surface area contributed by atoms with Crippen LogP contribution in [0, 0.1) is 0 Å². The number of nitrogens with zero attached hydrogens (tertiary/aromatic N) is 1. The third-order valence-corrected chi connectivity index (χ3v) is 3.03. The Kier molecular flexibility index (Phi) is 3.80. The summed E-state index contributed by atoms with van der Waals surface area (Å²) in [5.41, 5.74) is 1.68. The molecule has 4 nitrogen and oxygen atoms in total. The topological polar surface area (TPSA) is 59.3 Å². The molecule has 98 valence electrons. The molecule has 0 radical (unpaired) electrons. The highest BCUT2D eigenvalue weighted by atomic mass is 16.4. The number of benzene rings is 1. The first-order valence-electron chi connectivity index (χ1n) is 6.04. The van der Waals surface area contributed by atoms with E-state index in [2.05, 4.69) is 0 Å². The Balaban J connectivity index is 2.04. The number of aryl methyl sites for hydroxylation is 2. The van der Waals surface area contributed by atoms with Gasteiger partial charge in [-0.25, -0.2) is 4.79 Å². The van der Waals surface area contributed by atoms with Crippen LogP contribution in [0.4, 0.5) is 0 Å². The van der Waals surface area contributed by atoms with Gasteiger partial charge in [0.1, 0.15) is 5.69 Å². The number of ketones is 1. The third kappa shape index (κ3) is 3.10. The molecule has 0 amide bonds. The second-order valence-corrected chi connectivity index (χ2v) is 4.44. The van der Waals surface area contributed by atoms with Crippen LogP contribution in [0.5, 0.6) is 0 Å². The molecule has 4 heteroatoms. The lowest BCUT2D eigenvalue weighted by Crippen LogP contribution is -2.02. The molecule has 0 saturated carbocycles. The Bertz CT molecular complexity index is 599. The van der Waals surface area contributed by atoms with Crippen LogP contribution in [0.3, 0.4) is 0 Å². The summed E-state index contributed by atoms with van der Waals surface area (Å²) in [5.74, 6) is -1.06. The molecular formula is C15H15NO3. The summed E-state index contributed by atoms with van der Waals surface area (Å²) < 4.78 is 1.46. The van der Waals surface area contributed by atoms with Gasteiger partial charge in [0.05, 0.1) is 0 Å². The highest BCUT2D eigenvalue weighted by Crippen LogP contribution is 2.12. The standard InChI is InChI=1S/C15H15NO3/c1-16-10-12(9-13(16)15(18)19)14(17)8-7-11-5-3-2-4-6-11/h2-6,9-10H,7-8H2,1H3,(H,18,19). The largest absolute Gasteiger partial charge is 0.477 e.